The Kier molecular flexibility index (Phi) is 33.0. The molecule has 0 unspecified atom stereocenters. The van der Waals surface area contributed by atoms with Crippen LogP contribution in [0.3, 0.4) is 0 Å². The van der Waals surface area contributed by atoms with Gasteiger partial charge in [0.05, 0.1) is 13.2 Å². The summed E-state index contributed by atoms with van der Waals surface area (Å²) in [5.41, 5.74) is 51.9. The van der Waals surface area contributed by atoms with Crippen LogP contribution in [0.1, 0.15) is 146 Å². The maximum atomic E-state index is 6.20. The number of rotatable bonds is 31. The Labute approximate surface area is 851 Å². The first kappa shape index (κ1) is 100. The minimum Gasteiger partial charge on any atom is -0.372 e. The van der Waals surface area contributed by atoms with Crippen LogP contribution in [-0.4, -0.2) is 0 Å². The van der Waals surface area contributed by atoms with E-state index in [1.807, 2.05) is 11.8 Å². The summed E-state index contributed by atoms with van der Waals surface area (Å²) >= 11 is 1.96. The molecule has 714 valence electrons. The molecular weight excluding hydrogens is 1740 g/mol. The van der Waals surface area contributed by atoms with E-state index >= 15 is 0 Å². The maximum Gasteiger partial charge on any atom is 0.0721 e. The minimum atomic E-state index is 0.550. The maximum absolute atomic E-state index is 6.20. The highest BCUT2D eigenvalue weighted by atomic mass is 32.2. The van der Waals surface area contributed by atoms with E-state index in [-0.39, 0.29) is 0 Å². The molecule has 0 atom stereocenters. The summed E-state index contributed by atoms with van der Waals surface area (Å²) in [4.78, 5) is 14.1. The zero-order valence-electron chi connectivity index (χ0n) is 86.3. The van der Waals surface area contributed by atoms with E-state index in [2.05, 4.69) is 554 Å². The first-order valence-corrected chi connectivity index (χ1v) is 51.2. The van der Waals surface area contributed by atoms with Crippen molar-refractivity contribution in [2.75, 3.05) is 29.4 Å². The number of anilines is 18. The Balaban J connectivity index is 0.000000153. The summed E-state index contributed by atoms with van der Waals surface area (Å²) < 4.78 is 6.20. The Morgan fingerprint density at radius 3 is 0.451 bits per heavy atom. The van der Waals surface area contributed by atoms with Crippen molar-refractivity contribution >= 4 is 114 Å². The molecule has 0 aliphatic heterocycles. The van der Waals surface area contributed by atoms with E-state index in [0.717, 1.165) is 82.4 Å². The zero-order valence-corrected chi connectivity index (χ0v) is 87.1. The van der Waals surface area contributed by atoms with Crippen molar-refractivity contribution in [2.24, 2.45) is 0 Å². The predicted molar refractivity (Wildman–Crippen MR) is 612 cm³/mol. The van der Waals surface area contributed by atoms with Crippen LogP contribution < -0.4 is 29.4 Å². The van der Waals surface area contributed by atoms with Crippen molar-refractivity contribution in [3.8, 4) is 0 Å². The average molecular weight is 1880 g/mol. The van der Waals surface area contributed by atoms with Gasteiger partial charge < -0.3 is 34.1 Å². The number of nitrogens with zero attached hydrogens (tertiary/aromatic N) is 6. The summed E-state index contributed by atoms with van der Waals surface area (Å²) in [6, 6.07) is 147. The second-order valence-electron chi connectivity index (χ2n) is 38.8. The van der Waals surface area contributed by atoms with E-state index in [0.29, 0.717) is 13.2 Å². The van der Waals surface area contributed by atoms with Crippen LogP contribution in [0.4, 0.5) is 102 Å². The van der Waals surface area contributed by atoms with E-state index in [4.69, 9.17) is 4.74 Å². The Morgan fingerprint density at radius 1 is 0.148 bits per heavy atom. The fourth-order valence-electron chi connectivity index (χ4n) is 17.9. The third-order valence-corrected chi connectivity index (χ3v) is 28.7. The van der Waals surface area contributed by atoms with Gasteiger partial charge in [-0.25, -0.2) is 0 Å². The lowest BCUT2D eigenvalue weighted by Crippen LogP contribution is -2.10. The normalized spacial score (nSPS) is 11.0. The summed E-state index contributed by atoms with van der Waals surface area (Å²) in [7, 11) is 0. The summed E-state index contributed by atoms with van der Waals surface area (Å²) in [5.74, 6) is 1.93. The molecule has 0 saturated heterocycles. The van der Waals surface area contributed by atoms with Crippen LogP contribution in [0, 0.1) is 125 Å². The lowest BCUT2D eigenvalue weighted by molar-refractivity contribution is 0.107. The zero-order chi connectivity index (χ0) is 99.5. The highest BCUT2D eigenvalue weighted by Crippen LogP contribution is 2.44. The highest BCUT2D eigenvalue weighted by Gasteiger charge is 2.22. The summed E-state index contributed by atoms with van der Waals surface area (Å²) in [5, 5.41) is 0. The molecule has 0 aromatic heterocycles. The van der Waals surface area contributed by atoms with Gasteiger partial charge in [-0.2, -0.15) is 11.8 Å². The summed E-state index contributed by atoms with van der Waals surface area (Å²) in [6.07, 6.45) is 4.50. The van der Waals surface area contributed by atoms with Crippen LogP contribution in [0.15, 0.2) is 400 Å². The molecule has 0 aliphatic carbocycles. The van der Waals surface area contributed by atoms with Gasteiger partial charge in [0.1, 0.15) is 0 Å². The molecule has 0 N–H and O–H groups in total. The second-order valence-corrected chi connectivity index (χ2v) is 39.8. The second kappa shape index (κ2) is 46.9. The van der Waals surface area contributed by atoms with Gasteiger partial charge in [-0.15, -0.1) is 0 Å². The lowest BCUT2D eigenvalue weighted by Gasteiger charge is -2.26. The average Bonchev–Trinajstić information content (AvgIpc) is 0.821. The van der Waals surface area contributed by atoms with Crippen molar-refractivity contribution in [1.82, 2.24) is 0 Å². The molecule has 7 nitrogen and oxygen atoms in total. The molecule has 0 bridgehead atoms. The van der Waals surface area contributed by atoms with Crippen LogP contribution in [0.2, 0.25) is 0 Å². The number of unbranched alkanes of at least 4 members (excludes halogenated alkanes) is 1. The van der Waals surface area contributed by atoms with Crippen LogP contribution >= 0.6 is 11.8 Å². The Hall–Kier alpha value is -14.9. The summed E-state index contributed by atoms with van der Waals surface area (Å²) in [6.45, 7) is 40.0. The fourth-order valence-corrected chi connectivity index (χ4v) is 18.8. The standard InChI is InChI=1S/C46H48N2.C44H44N2O.C44H44N2S/c1-33-11-21-41(22-12-33)47(45-25-15-35(3)37(5)31-45)43-27-17-39(18-28-43)9-7-8-10-40-19-29-44(30-20-40)48(42-23-13-34(2)14-24-42)46-26-16-36(4)38(6)32-46;2*1-31-7-17-39(18-8-31)45(43-21-11-33(3)35(5)27-43)41-23-13-37(14-24-41)29-47-30-38-15-25-42(26-16-38)46(40-19-9-32(2)10-20-40)44-22-12-34(4)36(6)28-44/h11-32H,7-10H2,1-6H3;2*7-28H,29-30H2,1-6H3. The molecule has 0 radical (unpaired) electrons. The van der Waals surface area contributed by atoms with Gasteiger partial charge in [-0.3, -0.25) is 0 Å². The van der Waals surface area contributed by atoms with Gasteiger partial charge in [-0.05, 0) is 469 Å². The van der Waals surface area contributed by atoms with E-state index in [9.17, 15) is 0 Å². The van der Waals surface area contributed by atoms with E-state index in [1.165, 1.54) is 191 Å². The Bertz CT molecular complexity index is 6500. The molecule has 0 fully saturated rings. The molecule has 18 rings (SSSR count). The van der Waals surface area contributed by atoms with E-state index in [1.54, 1.807) is 0 Å². The van der Waals surface area contributed by atoms with Gasteiger partial charge >= 0.3 is 0 Å². The van der Waals surface area contributed by atoms with Crippen LogP contribution in [0.25, 0.3) is 0 Å². The van der Waals surface area contributed by atoms with Crippen molar-refractivity contribution < 1.29 is 4.74 Å². The van der Waals surface area contributed by atoms with Crippen LogP contribution in [-0.2, 0) is 42.3 Å². The number of aryl methyl sites for hydroxylation is 20. The molecule has 0 heterocycles. The molecular formula is C134H136N6OS. The van der Waals surface area contributed by atoms with Crippen molar-refractivity contribution in [1.29, 1.82) is 0 Å². The van der Waals surface area contributed by atoms with Crippen LogP contribution in [0.5, 0.6) is 0 Å². The molecule has 18 aromatic carbocycles. The third-order valence-electron chi connectivity index (χ3n) is 27.7. The first-order valence-electron chi connectivity index (χ1n) is 50.1. The van der Waals surface area contributed by atoms with Crippen molar-refractivity contribution in [3.63, 3.8) is 0 Å². The Morgan fingerprint density at radius 2 is 0.289 bits per heavy atom. The topological polar surface area (TPSA) is 28.7 Å². The molecule has 142 heavy (non-hydrogen) atoms. The van der Waals surface area contributed by atoms with Gasteiger partial charge in [0.15, 0.2) is 0 Å². The predicted octanol–water partition coefficient (Wildman–Crippen LogP) is 38.1. The third kappa shape index (κ3) is 25.6. The smallest absolute Gasteiger partial charge is 0.0721 e. The molecule has 0 saturated carbocycles. The van der Waals surface area contributed by atoms with Gasteiger partial charge in [0.2, 0.25) is 0 Å². The van der Waals surface area contributed by atoms with Gasteiger partial charge in [-0.1, -0.05) is 215 Å². The molecule has 0 aliphatic rings. The largest absolute Gasteiger partial charge is 0.372 e. The highest BCUT2D eigenvalue weighted by molar-refractivity contribution is 7.97. The van der Waals surface area contributed by atoms with Crippen molar-refractivity contribution in [2.45, 2.75) is 175 Å². The van der Waals surface area contributed by atoms with Gasteiger partial charge in [0, 0.05) is 114 Å². The SMILES string of the molecule is Cc1ccc(N(c2ccc(CCCCc3ccc(N(c4ccc(C)cc4)c4ccc(C)c(C)c4)cc3)cc2)c2ccc(C)c(C)c2)cc1.Cc1ccc(N(c2ccc(COCc3ccc(N(c4ccc(C)cc4)c4ccc(C)c(C)c4)cc3)cc2)c2ccc(C)c(C)c2)cc1.Cc1ccc(N(c2ccc(CSCc3ccc(N(c4ccc(C)cc4)c4ccc(C)c(C)c4)cc3)cc2)c2ccc(C)c(C)c2)cc1. The monoisotopic (exact) mass is 1880 g/mol. The fraction of sp³-hybridized carbons (Fsp3) is 0.194. The minimum absolute atomic E-state index is 0.550. The number of thioether (sulfide) groups is 1. The quantitative estimate of drug-likeness (QED) is 0.0397. The molecule has 0 spiro atoms. The van der Waals surface area contributed by atoms with Crippen molar-refractivity contribution in [3.05, 3.63) is 534 Å². The number of ether oxygens (including phenoxy) is 1. The molecule has 18 aromatic rings. The molecule has 8 heteroatoms. The number of hydrogen-bond acceptors (Lipinski definition) is 8. The first-order chi connectivity index (χ1) is 68.7. The lowest BCUT2D eigenvalue weighted by atomic mass is 10.0. The molecule has 0 amide bonds. The number of benzene rings is 18. The number of hydrogen-bond donors (Lipinski definition) is 0. The van der Waals surface area contributed by atoms with Gasteiger partial charge in [0.25, 0.3) is 0 Å². The van der Waals surface area contributed by atoms with E-state index < -0.39 is 0 Å².